The third-order valence-corrected chi connectivity index (χ3v) is 4.31. The van der Waals surface area contributed by atoms with Crippen molar-refractivity contribution in [2.24, 2.45) is 0 Å². The third kappa shape index (κ3) is 2.74. The Morgan fingerprint density at radius 2 is 2.05 bits per heavy atom. The van der Waals surface area contributed by atoms with Crippen LogP contribution in [0.3, 0.4) is 0 Å². The van der Waals surface area contributed by atoms with Crippen LogP contribution in [0.1, 0.15) is 43.1 Å². The van der Waals surface area contributed by atoms with Gasteiger partial charge in [0, 0.05) is 42.8 Å². The molecule has 0 aliphatic carbocycles. The van der Waals surface area contributed by atoms with Crippen LogP contribution in [0.5, 0.6) is 0 Å². The summed E-state index contributed by atoms with van der Waals surface area (Å²) in [4.78, 5) is 17.7. The number of nitrogens with one attached hydrogen (secondary N) is 1. The lowest BCUT2D eigenvalue weighted by Gasteiger charge is -2.35. The molecule has 1 aromatic rings. The van der Waals surface area contributed by atoms with E-state index in [1.165, 1.54) is 6.42 Å². The second-order valence-electron chi connectivity index (χ2n) is 5.69. The molecule has 0 aromatic carbocycles. The summed E-state index contributed by atoms with van der Waals surface area (Å²) in [5.41, 5.74) is 2.17. The molecule has 104 valence electrons. The number of nitrogens with zero attached hydrogens (tertiary/aromatic N) is 1. The van der Waals surface area contributed by atoms with Crippen molar-refractivity contribution in [3.8, 4) is 0 Å². The summed E-state index contributed by atoms with van der Waals surface area (Å²) in [6, 6.07) is 4.44. The molecule has 0 unspecified atom stereocenters. The van der Waals surface area contributed by atoms with Crippen molar-refractivity contribution >= 4 is 0 Å². The molecule has 4 nitrogen and oxygen atoms in total. The fraction of sp³-hybridized carbons (Fsp3) is 0.667. The quantitative estimate of drug-likeness (QED) is 0.886. The number of ether oxygens (including phenoxy) is 1. The minimum absolute atomic E-state index is 0.116. The van der Waals surface area contributed by atoms with Crippen molar-refractivity contribution < 1.29 is 4.74 Å². The van der Waals surface area contributed by atoms with Gasteiger partial charge in [-0.05, 0) is 39.2 Å². The highest BCUT2D eigenvalue weighted by Crippen LogP contribution is 2.34. The Labute approximate surface area is 113 Å². The van der Waals surface area contributed by atoms with E-state index in [4.69, 9.17) is 4.74 Å². The van der Waals surface area contributed by atoms with E-state index < -0.39 is 0 Å². The maximum Gasteiger partial charge on any atom is 0.182 e. The number of aromatic amines is 1. The van der Waals surface area contributed by atoms with Crippen LogP contribution in [-0.2, 0) is 4.74 Å². The number of rotatable bonds is 2. The van der Waals surface area contributed by atoms with Crippen molar-refractivity contribution in [3.05, 3.63) is 33.7 Å². The molecule has 0 radical (unpaired) electrons. The van der Waals surface area contributed by atoms with Crippen molar-refractivity contribution in [2.75, 3.05) is 19.8 Å². The number of likely N-dealkylation sites (tertiary alicyclic amines) is 1. The van der Waals surface area contributed by atoms with Gasteiger partial charge in [0.1, 0.15) is 0 Å². The molecule has 0 bridgehead atoms. The van der Waals surface area contributed by atoms with E-state index >= 15 is 0 Å². The van der Waals surface area contributed by atoms with E-state index in [1.54, 1.807) is 12.1 Å². The molecule has 0 amide bonds. The summed E-state index contributed by atoms with van der Waals surface area (Å²) in [6.07, 6.45) is 4.61. The summed E-state index contributed by atoms with van der Waals surface area (Å²) >= 11 is 0. The maximum absolute atomic E-state index is 11.7. The molecule has 1 aromatic heterocycles. The molecule has 1 atom stereocenters. The second kappa shape index (κ2) is 5.47. The first kappa shape index (κ1) is 12.9. The Morgan fingerprint density at radius 1 is 1.26 bits per heavy atom. The first-order chi connectivity index (χ1) is 9.24. The topological polar surface area (TPSA) is 45.3 Å². The number of aryl methyl sites for hydroxylation is 1. The van der Waals surface area contributed by atoms with Gasteiger partial charge in [-0.1, -0.05) is 0 Å². The Hall–Kier alpha value is -1.13. The molecule has 1 N–H and O–H groups in total. The first-order valence-electron chi connectivity index (χ1n) is 7.28. The lowest BCUT2D eigenvalue weighted by molar-refractivity contribution is 0.0285. The van der Waals surface area contributed by atoms with Crippen LogP contribution >= 0.6 is 0 Å². The second-order valence-corrected chi connectivity index (χ2v) is 5.69. The van der Waals surface area contributed by atoms with Crippen molar-refractivity contribution in [3.63, 3.8) is 0 Å². The number of pyridine rings is 1. The minimum Gasteiger partial charge on any atom is -0.381 e. The molecule has 2 aliphatic rings. The van der Waals surface area contributed by atoms with Gasteiger partial charge in [-0.2, -0.15) is 0 Å². The van der Waals surface area contributed by atoms with Crippen LogP contribution in [0.2, 0.25) is 0 Å². The minimum atomic E-state index is 0.116. The Balaban J connectivity index is 1.83. The van der Waals surface area contributed by atoms with Crippen LogP contribution in [0, 0.1) is 6.92 Å². The van der Waals surface area contributed by atoms with Crippen LogP contribution in [0.4, 0.5) is 0 Å². The van der Waals surface area contributed by atoms with Crippen LogP contribution < -0.4 is 5.43 Å². The van der Waals surface area contributed by atoms with Gasteiger partial charge >= 0.3 is 0 Å². The highest BCUT2D eigenvalue weighted by molar-refractivity contribution is 5.15. The van der Waals surface area contributed by atoms with Gasteiger partial charge in [0.25, 0.3) is 0 Å². The Morgan fingerprint density at radius 3 is 2.79 bits per heavy atom. The average molecular weight is 262 g/mol. The van der Waals surface area contributed by atoms with E-state index in [1.807, 2.05) is 6.92 Å². The fourth-order valence-corrected chi connectivity index (χ4v) is 3.46. The zero-order valence-electron chi connectivity index (χ0n) is 11.5. The van der Waals surface area contributed by atoms with E-state index in [0.29, 0.717) is 12.1 Å². The molecule has 19 heavy (non-hydrogen) atoms. The molecule has 2 fully saturated rings. The molecule has 2 saturated heterocycles. The highest BCUT2D eigenvalue weighted by Gasteiger charge is 2.33. The number of H-pyrrole nitrogens is 1. The molecule has 0 saturated carbocycles. The van der Waals surface area contributed by atoms with Crippen LogP contribution in [0.25, 0.3) is 0 Å². The molecular formula is C15H22N2O2. The van der Waals surface area contributed by atoms with Crippen molar-refractivity contribution in [1.82, 2.24) is 9.88 Å². The van der Waals surface area contributed by atoms with Gasteiger partial charge in [-0.3, -0.25) is 9.69 Å². The summed E-state index contributed by atoms with van der Waals surface area (Å²) in [7, 11) is 0. The zero-order valence-corrected chi connectivity index (χ0v) is 11.5. The van der Waals surface area contributed by atoms with E-state index in [0.717, 1.165) is 50.4 Å². The summed E-state index contributed by atoms with van der Waals surface area (Å²) < 4.78 is 5.45. The van der Waals surface area contributed by atoms with Gasteiger partial charge in [-0.15, -0.1) is 0 Å². The average Bonchev–Trinajstić information content (AvgIpc) is 2.88. The van der Waals surface area contributed by atoms with Gasteiger partial charge in [0.2, 0.25) is 0 Å². The largest absolute Gasteiger partial charge is 0.381 e. The molecule has 2 aliphatic heterocycles. The zero-order chi connectivity index (χ0) is 13.2. The lowest BCUT2D eigenvalue weighted by atomic mass is 10.0. The monoisotopic (exact) mass is 262 g/mol. The molecular weight excluding hydrogens is 240 g/mol. The SMILES string of the molecule is Cc1cc(=O)cc([C@@H]2CCCN2C2CCOCC2)[nH]1. The Bertz CT molecular complexity index is 491. The van der Waals surface area contributed by atoms with Gasteiger partial charge in [0.15, 0.2) is 5.43 Å². The summed E-state index contributed by atoms with van der Waals surface area (Å²) in [5, 5.41) is 0. The smallest absolute Gasteiger partial charge is 0.182 e. The summed E-state index contributed by atoms with van der Waals surface area (Å²) in [5.74, 6) is 0. The lowest BCUT2D eigenvalue weighted by Crippen LogP contribution is -2.39. The van der Waals surface area contributed by atoms with Crippen LogP contribution in [0.15, 0.2) is 16.9 Å². The van der Waals surface area contributed by atoms with E-state index in [-0.39, 0.29) is 5.43 Å². The van der Waals surface area contributed by atoms with Crippen molar-refractivity contribution in [2.45, 2.75) is 44.7 Å². The van der Waals surface area contributed by atoms with Crippen molar-refractivity contribution in [1.29, 1.82) is 0 Å². The first-order valence-corrected chi connectivity index (χ1v) is 7.28. The number of hydrogen-bond acceptors (Lipinski definition) is 3. The van der Waals surface area contributed by atoms with Crippen LogP contribution in [-0.4, -0.2) is 35.7 Å². The van der Waals surface area contributed by atoms with Gasteiger partial charge < -0.3 is 9.72 Å². The van der Waals surface area contributed by atoms with Gasteiger partial charge in [0.05, 0.1) is 6.04 Å². The fourth-order valence-electron chi connectivity index (χ4n) is 3.46. The normalized spacial score (nSPS) is 25.8. The van der Waals surface area contributed by atoms with Gasteiger partial charge in [-0.25, -0.2) is 0 Å². The van der Waals surface area contributed by atoms with E-state index in [2.05, 4.69) is 9.88 Å². The number of aromatic nitrogens is 1. The van der Waals surface area contributed by atoms with E-state index in [9.17, 15) is 4.79 Å². The summed E-state index contributed by atoms with van der Waals surface area (Å²) in [6.45, 7) is 4.85. The molecule has 4 heteroatoms. The predicted octanol–water partition coefficient (Wildman–Crippen LogP) is 2.00. The predicted molar refractivity (Wildman–Crippen MR) is 74.3 cm³/mol. The maximum atomic E-state index is 11.7. The Kier molecular flexibility index (Phi) is 3.71. The number of hydrogen-bond donors (Lipinski definition) is 1. The third-order valence-electron chi connectivity index (χ3n) is 4.31. The highest BCUT2D eigenvalue weighted by atomic mass is 16.5. The molecule has 0 spiro atoms. The molecule has 3 heterocycles. The molecule has 3 rings (SSSR count). The standard InChI is InChI=1S/C15H22N2O2/c1-11-9-13(18)10-14(16-11)15-3-2-6-17(15)12-4-7-19-8-5-12/h9-10,12,15H,2-8H2,1H3,(H,16,18)/t15-/m0/s1.